The monoisotopic (exact) mass is 1190 g/mol. The molecule has 11 heteroatoms. The molecular formula is C73H140N2O9. The van der Waals surface area contributed by atoms with Gasteiger partial charge in [-0.2, -0.15) is 0 Å². The second-order valence-electron chi connectivity index (χ2n) is 26.8. The molecule has 0 amide bonds. The summed E-state index contributed by atoms with van der Waals surface area (Å²) in [6.45, 7) is 20.7. The van der Waals surface area contributed by atoms with Crippen molar-refractivity contribution < 1.29 is 43.2 Å². The Bertz CT molecular complexity index is 1380. The number of carbonyl (C=O) groups is 3. The van der Waals surface area contributed by atoms with E-state index in [-0.39, 0.29) is 30.8 Å². The first-order chi connectivity index (χ1) is 41.1. The fourth-order valence-corrected chi connectivity index (χ4v) is 13.3. The maximum absolute atomic E-state index is 12.6. The first kappa shape index (κ1) is 78.3. The number of nitrogens with zero attached hydrogens (tertiary/aromatic N) is 2. The van der Waals surface area contributed by atoms with Crippen LogP contribution in [-0.2, 0) is 38.1 Å². The molecule has 1 unspecified atom stereocenters. The Morgan fingerprint density at radius 3 is 1.07 bits per heavy atom. The third kappa shape index (κ3) is 45.5. The van der Waals surface area contributed by atoms with Crippen LogP contribution in [0.25, 0.3) is 0 Å². The first-order valence-corrected chi connectivity index (χ1v) is 36.9. The van der Waals surface area contributed by atoms with Crippen molar-refractivity contribution in [3.63, 3.8) is 0 Å². The molecule has 3 rings (SSSR count). The van der Waals surface area contributed by atoms with Crippen LogP contribution in [0.4, 0.5) is 0 Å². The van der Waals surface area contributed by atoms with Crippen molar-refractivity contribution in [1.29, 1.82) is 0 Å². The number of aliphatic hydroxyl groups excluding tert-OH is 1. The van der Waals surface area contributed by atoms with Gasteiger partial charge in [0.25, 0.3) is 0 Å². The van der Waals surface area contributed by atoms with Gasteiger partial charge in [-0.05, 0) is 153 Å². The molecule has 3 aliphatic carbocycles. The lowest BCUT2D eigenvalue weighted by Gasteiger charge is -2.46. The van der Waals surface area contributed by atoms with Crippen LogP contribution in [0.15, 0.2) is 0 Å². The van der Waals surface area contributed by atoms with E-state index < -0.39 is 0 Å². The fourth-order valence-electron chi connectivity index (χ4n) is 13.3. The Kier molecular flexibility index (Phi) is 52.6. The summed E-state index contributed by atoms with van der Waals surface area (Å²) in [5, 5.41) is 9.57. The number of hydrogen-bond acceptors (Lipinski definition) is 11. The van der Waals surface area contributed by atoms with Gasteiger partial charge in [-0.15, -0.1) is 0 Å². The lowest BCUT2D eigenvalue weighted by Crippen LogP contribution is -2.38. The van der Waals surface area contributed by atoms with Crippen molar-refractivity contribution in [1.82, 2.24) is 9.80 Å². The van der Waals surface area contributed by atoms with Gasteiger partial charge < -0.3 is 38.6 Å². The number of carbonyl (C=O) groups excluding carboxylic acids is 3. The van der Waals surface area contributed by atoms with E-state index in [0.717, 1.165) is 122 Å². The van der Waals surface area contributed by atoms with E-state index in [9.17, 15) is 19.5 Å². The van der Waals surface area contributed by atoms with Gasteiger partial charge in [0.15, 0.2) is 6.29 Å². The van der Waals surface area contributed by atoms with Crippen LogP contribution in [0.2, 0.25) is 0 Å². The molecule has 496 valence electrons. The molecule has 11 nitrogen and oxygen atoms in total. The molecule has 0 radical (unpaired) electrons. The minimum absolute atomic E-state index is 0.00732. The molecular weight excluding hydrogens is 1050 g/mol. The zero-order valence-corrected chi connectivity index (χ0v) is 56.3. The molecule has 0 saturated heterocycles. The number of hydrogen-bond donors (Lipinski definition) is 1. The summed E-state index contributed by atoms with van der Waals surface area (Å²) in [6.07, 6.45) is 54.9. The van der Waals surface area contributed by atoms with E-state index in [1.165, 1.54) is 212 Å². The molecule has 1 N–H and O–H groups in total. The highest BCUT2D eigenvalue weighted by atomic mass is 16.7. The van der Waals surface area contributed by atoms with E-state index in [4.69, 9.17) is 23.7 Å². The molecule has 0 aliphatic heterocycles. The summed E-state index contributed by atoms with van der Waals surface area (Å²) < 4.78 is 29.5. The van der Waals surface area contributed by atoms with Gasteiger partial charge in [0.1, 0.15) is 0 Å². The Morgan fingerprint density at radius 1 is 0.393 bits per heavy atom. The summed E-state index contributed by atoms with van der Waals surface area (Å²) >= 11 is 0. The molecule has 3 fully saturated rings. The molecule has 0 heterocycles. The minimum atomic E-state index is -0.234. The molecule has 3 saturated carbocycles. The standard InChI is InChI=1S/C73H140N2O9/c1-6-10-26-39-67(40-27-11-7-2)49-63-82-70(77)43-30-20-14-17-23-33-54-74(55-34-24-18-15-21-31-44-71(78)83-64-50-68(41-28-12-8-3)42-29-13-9-4)58-37-61-80-66(5)81-62-38-59-75(57-36-60-76)56-35-25-19-16-22-32-45-72(79)84-65-73-51-46-69(47-52-73)48-53-73/h66-69,76H,6-65H2,1-5H3. The third-order valence-electron chi connectivity index (χ3n) is 19.1. The molecule has 0 aromatic heterocycles. The van der Waals surface area contributed by atoms with Crippen molar-refractivity contribution in [3.8, 4) is 0 Å². The smallest absolute Gasteiger partial charge is 0.305 e. The van der Waals surface area contributed by atoms with Gasteiger partial charge in [0.05, 0.1) is 33.0 Å². The molecule has 2 bridgehead atoms. The van der Waals surface area contributed by atoms with Crippen LogP contribution < -0.4 is 0 Å². The van der Waals surface area contributed by atoms with Crippen molar-refractivity contribution in [2.75, 3.05) is 78.9 Å². The van der Waals surface area contributed by atoms with Gasteiger partial charge >= 0.3 is 17.9 Å². The summed E-state index contributed by atoms with van der Waals surface area (Å²) in [4.78, 5) is 42.7. The van der Waals surface area contributed by atoms with Gasteiger partial charge in [-0.1, -0.05) is 207 Å². The second-order valence-corrected chi connectivity index (χ2v) is 26.8. The van der Waals surface area contributed by atoms with Crippen LogP contribution in [0.3, 0.4) is 0 Å². The van der Waals surface area contributed by atoms with Crippen LogP contribution in [-0.4, -0.2) is 118 Å². The average Bonchev–Trinajstić information content (AvgIpc) is 3.52. The van der Waals surface area contributed by atoms with Crippen LogP contribution in [0, 0.1) is 23.2 Å². The summed E-state index contributed by atoms with van der Waals surface area (Å²) in [7, 11) is 0. The second kappa shape index (κ2) is 56.4. The van der Waals surface area contributed by atoms with Gasteiger partial charge in [0.2, 0.25) is 0 Å². The van der Waals surface area contributed by atoms with Crippen LogP contribution in [0.5, 0.6) is 0 Å². The number of unbranched alkanes of at least 4 members (excludes halogenated alkanes) is 23. The molecule has 3 aliphatic rings. The largest absolute Gasteiger partial charge is 0.466 e. The SMILES string of the molecule is CCCCCC(CCCCC)CCOC(=O)CCCCCCCCN(CCCCCCCCC(=O)OCCC(CCCCC)CCCCC)CCCOC(C)OCCCN(CCCO)CCCCCCCCC(=O)OCC12CCC(CC1)CC2. The van der Waals surface area contributed by atoms with Crippen molar-refractivity contribution in [2.45, 2.75) is 349 Å². The molecule has 1 atom stereocenters. The zero-order chi connectivity index (χ0) is 60.7. The van der Waals surface area contributed by atoms with E-state index >= 15 is 0 Å². The Morgan fingerprint density at radius 2 is 0.714 bits per heavy atom. The van der Waals surface area contributed by atoms with Gasteiger partial charge in [0, 0.05) is 50.9 Å². The van der Waals surface area contributed by atoms with Crippen molar-refractivity contribution >= 4 is 17.9 Å². The maximum atomic E-state index is 12.6. The Balaban J connectivity index is 1.65. The average molecular weight is 1190 g/mol. The molecule has 0 spiro atoms. The van der Waals surface area contributed by atoms with Gasteiger partial charge in [-0.25, -0.2) is 0 Å². The fraction of sp³-hybridized carbons (Fsp3) is 0.959. The normalized spacial score (nSPS) is 16.4. The predicted octanol–water partition coefficient (Wildman–Crippen LogP) is 19.3. The number of fused-ring (bicyclic) bond motifs is 3. The van der Waals surface area contributed by atoms with E-state index in [1.807, 2.05) is 6.92 Å². The number of rotatable bonds is 64. The van der Waals surface area contributed by atoms with Crippen molar-refractivity contribution in [2.24, 2.45) is 23.2 Å². The van der Waals surface area contributed by atoms with E-state index in [1.54, 1.807) is 0 Å². The number of esters is 3. The van der Waals surface area contributed by atoms with Gasteiger partial charge in [-0.3, -0.25) is 14.4 Å². The minimum Gasteiger partial charge on any atom is -0.466 e. The zero-order valence-electron chi connectivity index (χ0n) is 56.3. The Labute approximate surface area is 519 Å². The van der Waals surface area contributed by atoms with E-state index in [2.05, 4.69) is 37.5 Å². The summed E-state index contributed by atoms with van der Waals surface area (Å²) in [6, 6.07) is 0. The van der Waals surface area contributed by atoms with Crippen molar-refractivity contribution in [3.05, 3.63) is 0 Å². The highest BCUT2D eigenvalue weighted by Crippen LogP contribution is 2.50. The van der Waals surface area contributed by atoms with E-state index in [0.29, 0.717) is 69.5 Å². The summed E-state index contributed by atoms with van der Waals surface area (Å²) in [5.41, 5.74) is 0.297. The quantitative estimate of drug-likeness (QED) is 0.0271. The maximum Gasteiger partial charge on any atom is 0.305 e. The number of aliphatic hydroxyl groups is 1. The molecule has 0 aromatic carbocycles. The number of ether oxygens (including phenoxy) is 5. The lowest BCUT2D eigenvalue weighted by molar-refractivity contribution is -0.150. The molecule has 84 heavy (non-hydrogen) atoms. The first-order valence-electron chi connectivity index (χ1n) is 36.9. The van der Waals surface area contributed by atoms with Crippen LogP contribution >= 0.6 is 0 Å². The summed E-state index contributed by atoms with van der Waals surface area (Å²) in [5.74, 6) is 2.32. The van der Waals surface area contributed by atoms with Crippen LogP contribution in [0.1, 0.15) is 343 Å². The Hall–Kier alpha value is -1.79. The molecule has 0 aromatic rings. The highest BCUT2D eigenvalue weighted by molar-refractivity contribution is 5.70. The third-order valence-corrected chi connectivity index (χ3v) is 19.1. The highest BCUT2D eigenvalue weighted by Gasteiger charge is 2.41. The lowest BCUT2D eigenvalue weighted by atomic mass is 9.61. The predicted molar refractivity (Wildman–Crippen MR) is 351 cm³/mol. The topological polar surface area (TPSA) is 124 Å².